The molecule has 5 heteroatoms. The average molecular weight is 236 g/mol. The summed E-state index contributed by atoms with van der Waals surface area (Å²) in [5.41, 5.74) is 0.1000. The van der Waals surface area contributed by atoms with Gasteiger partial charge in [0.25, 0.3) is 5.91 Å². The van der Waals surface area contributed by atoms with Crippen molar-refractivity contribution in [2.45, 2.75) is 18.9 Å². The number of phenolic OH excluding ortho intramolecular Hbond substituents is 2. The zero-order valence-electron chi connectivity index (χ0n) is 9.44. The van der Waals surface area contributed by atoms with Crippen LogP contribution in [0.15, 0.2) is 18.2 Å². The third kappa shape index (κ3) is 2.88. The van der Waals surface area contributed by atoms with E-state index >= 15 is 0 Å². The monoisotopic (exact) mass is 236 g/mol. The predicted molar refractivity (Wildman–Crippen MR) is 63.1 cm³/mol. The summed E-state index contributed by atoms with van der Waals surface area (Å²) in [5, 5.41) is 24.8. The van der Waals surface area contributed by atoms with Crippen molar-refractivity contribution < 1.29 is 15.0 Å². The van der Waals surface area contributed by atoms with E-state index in [-0.39, 0.29) is 23.0 Å². The van der Waals surface area contributed by atoms with Gasteiger partial charge in [0.15, 0.2) is 0 Å². The van der Waals surface area contributed by atoms with Crippen LogP contribution in [0.25, 0.3) is 0 Å². The molecule has 1 aliphatic heterocycles. The zero-order chi connectivity index (χ0) is 12.3. The van der Waals surface area contributed by atoms with E-state index in [1.807, 2.05) is 0 Å². The van der Waals surface area contributed by atoms with Crippen molar-refractivity contribution in [2.75, 3.05) is 13.1 Å². The van der Waals surface area contributed by atoms with Gasteiger partial charge in [-0.05, 0) is 37.6 Å². The van der Waals surface area contributed by atoms with Gasteiger partial charge in [-0.25, -0.2) is 0 Å². The van der Waals surface area contributed by atoms with E-state index < -0.39 is 0 Å². The van der Waals surface area contributed by atoms with Crippen LogP contribution in [0.3, 0.4) is 0 Å². The number of nitrogens with one attached hydrogen (secondary N) is 2. The van der Waals surface area contributed by atoms with Gasteiger partial charge in [-0.1, -0.05) is 0 Å². The van der Waals surface area contributed by atoms with Gasteiger partial charge >= 0.3 is 0 Å². The molecule has 1 atom stereocenters. The minimum Gasteiger partial charge on any atom is -0.508 e. The van der Waals surface area contributed by atoms with Gasteiger partial charge in [-0.2, -0.15) is 0 Å². The molecule has 1 saturated heterocycles. The number of carbonyl (C=O) groups excluding carboxylic acids is 1. The number of hydrogen-bond acceptors (Lipinski definition) is 4. The minimum absolute atomic E-state index is 0.0352. The van der Waals surface area contributed by atoms with Crippen LogP contribution >= 0.6 is 0 Å². The van der Waals surface area contributed by atoms with Crippen molar-refractivity contribution in [3.05, 3.63) is 23.8 Å². The Labute approximate surface area is 99.5 Å². The second kappa shape index (κ2) is 5.05. The Morgan fingerprint density at radius 2 is 2.29 bits per heavy atom. The summed E-state index contributed by atoms with van der Waals surface area (Å²) in [6.45, 7) is 1.52. The van der Waals surface area contributed by atoms with E-state index in [0.29, 0.717) is 12.6 Å². The quantitative estimate of drug-likeness (QED) is 0.579. The summed E-state index contributed by atoms with van der Waals surface area (Å²) in [6, 6.07) is 4.20. The Hall–Kier alpha value is -1.75. The summed E-state index contributed by atoms with van der Waals surface area (Å²) in [6.07, 6.45) is 2.17. The number of rotatable bonds is 3. The first-order valence-electron chi connectivity index (χ1n) is 5.70. The standard InChI is InChI=1S/C12H16N2O3/c15-9-3-4-11(16)10(6-9)12(17)14-7-8-2-1-5-13-8/h3-4,6,8,13,15-16H,1-2,5,7H2,(H,14,17). The lowest BCUT2D eigenvalue weighted by atomic mass is 10.1. The molecule has 0 spiro atoms. The number of aromatic hydroxyl groups is 2. The third-order valence-corrected chi connectivity index (χ3v) is 2.90. The first-order chi connectivity index (χ1) is 8.16. The van der Waals surface area contributed by atoms with Crippen LogP contribution in [-0.4, -0.2) is 35.3 Å². The summed E-state index contributed by atoms with van der Waals surface area (Å²) in [4.78, 5) is 11.8. The van der Waals surface area contributed by atoms with Gasteiger partial charge in [-0.15, -0.1) is 0 Å². The molecule has 1 aliphatic rings. The fourth-order valence-corrected chi connectivity index (χ4v) is 1.95. The highest BCUT2D eigenvalue weighted by Gasteiger charge is 2.17. The van der Waals surface area contributed by atoms with Crippen LogP contribution in [0.2, 0.25) is 0 Å². The summed E-state index contributed by atoms with van der Waals surface area (Å²) in [5.74, 6) is -0.529. The molecular formula is C12H16N2O3. The number of benzene rings is 1. The first kappa shape index (κ1) is 11.7. The molecule has 17 heavy (non-hydrogen) atoms. The lowest BCUT2D eigenvalue weighted by molar-refractivity contribution is 0.0947. The van der Waals surface area contributed by atoms with Crippen LogP contribution in [0.1, 0.15) is 23.2 Å². The molecule has 1 aromatic carbocycles. The SMILES string of the molecule is O=C(NCC1CCCN1)c1cc(O)ccc1O. The molecule has 1 heterocycles. The molecule has 1 fully saturated rings. The van der Waals surface area contributed by atoms with E-state index in [0.717, 1.165) is 19.4 Å². The van der Waals surface area contributed by atoms with E-state index in [1.165, 1.54) is 18.2 Å². The maximum absolute atomic E-state index is 11.8. The van der Waals surface area contributed by atoms with E-state index in [1.54, 1.807) is 0 Å². The summed E-state index contributed by atoms with van der Waals surface area (Å²) >= 11 is 0. The van der Waals surface area contributed by atoms with Gasteiger partial charge < -0.3 is 20.8 Å². The molecule has 92 valence electrons. The topological polar surface area (TPSA) is 81.6 Å². The zero-order valence-corrected chi connectivity index (χ0v) is 9.44. The van der Waals surface area contributed by atoms with Crippen molar-refractivity contribution in [3.8, 4) is 11.5 Å². The highest BCUT2D eigenvalue weighted by atomic mass is 16.3. The van der Waals surface area contributed by atoms with Gasteiger partial charge in [0.1, 0.15) is 11.5 Å². The van der Waals surface area contributed by atoms with E-state index in [2.05, 4.69) is 10.6 Å². The molecule has 0 bridgehead atoms. The molecule has 0 saturated carbocycles. The Morgan fingerprint density at radius 1 is 1.47 bits per heavy atom. The lowest BCUT2D eigenvalue weighted by Crippen LogP contribution is -2.37. The van der Waals surface area contributed by atoms with E-state index in [9.17, 15) is 15.0 Å². The fourth-order valence-electron chi connectivity index (χ4n) is 1.95. The average Bonchev–Trinajstić information content (AvgIpc) is 2.82. The van der Waals surface area contributed by atoms with Crippen molar-refractivity contribution in [1.82, 2.24) is 10.6 Å². The molecule has 2 rings (SSSR count). The second-order valence-electron chi connectivity index (χ2n) is 4.20. The van der Waals surface area contributed by atoms with Crippen molar-refractivity contribution >= 4 is 5.91 Å². The van der Waals surface area contributed by atoms with Gasteiger partial charge in [0.2, 0.25) is 0 Å². The second-order valence-corrected chi connectivity index (χ2v) is 4.20. The molecule has 4 N–H and O–H groups in total. The molecular weight excluding hydrogens is 220 g/mol. The minimum atomic E-state index is -0.368. The van der Waals surface area contributed by atoms with Crippen LogP contribution in [0.5, 0.6) is 11.5 Å². The normalized spacial score (nSPS) is 19.2. The highest BCUT2D eigenvalue weighted by molar-refractivity contribution is 5.97. The Morgan fingerprint density at radius 3 is 3.00 bits per heavy atom. The number of phenols is 2. The lowest BCUT2D eigenvalue weighted by Gasteiger charge is -2.12. The smallest absolute Gasteiger partial charge is 0.255 e. The number of carbonyl (C=O) groups is 1. The molecule has 1 unspecified atom stereocenters. The molecule has 0 aromatic heterocycles. The van der Waals surface area contributed by atoms with Gasteiger partial charge in [-0.3, -0.25) is 4.79 Å². The Kier molecular flexibility index (Phi) is 3.49. The van der Waals surface area contributed by atoms with Crippen LogP contribution in [0.4, 0.5) is 0 Å². The third-order valence-electron chi connectivity index (χ3n) is 2.90. The highest BCUT2D eigenvalue weighted by Crippen LogP contribution is 2.21. The molecule has 0 radical (unpaired) electrons. The maximum Gasteiger partial charge on any atom is 0.255 e. The van der Waals surface area contributed by atoms with Crippen molar-refractivity contribution in [1.29, 1.82) is 0 Å². The summed E-state index contributed by atoms with van der Waals surface area (Å²) in [7, 11) is 0. The molecule has 1 amide bonds. The first-order valence-corrected chi connectivity index (χ1v) is 5.70. The Bertz CT molecular complexity index is 414. The number of hydrogen-bond donors (Lipinski definition) is 4. The Balaban J connectivity index is 1.96. The van der Waals surface area contributed by atoms with E-state index in [4.69, 9.17) is 0 Å². The van der Waals surface area contributed by atoms with Crippen LogP contribution < -0.4 is 10.6 Å². The molecule has 5 nitrogen and oxygen atoms in total. The largest absolute Gasteiger partial charge is 0.508 e. The maximum atomic E-state index is 11.8. The summed E-state index contributed by atoms with van der Waals surface area (Å²) < 4.78 is 0. The molecule has 0 aliphatic carbocycles. The van der Waals surface area contributed by atoms with Crippen LogP contribution in [0, 0.1) is 0 Å². The molecule has 1 aromatic rings. The predicted octanol–water partition coefficient (Wildman–Crippen LogP) is 0.580. The fraction of sp³-hybridized carbons (Fsp3) is 0.417. The van der Waals surface area contributed by atoms with Gasteiger partial charge in [0, 0.05) is 12.6 Å². The van der Waals surface area contributed by atoms with Crippen molar-refractivity contribution in [2.24, 2.45) is 0 Å². The van der Waals surface area contributed by atoms with Crippen LogP contribution in [-0.2, 0) is 0 Å². The van der Waals surface area contributed by atoms with Crippen molar-refractivity contribution in [3.63, 3.8) is 0 Å². The van der Waals surface area contributed by atoms with Gasteiger partial charge in [0.05, 0.1) is 5.56 Å². The number of amides is 1.